The predicted molar refractivity (Wildman–Crippen MR) is 67.2 cm³/mol. The number of hydrogen-bond donors (Lipinski definition) is 1. The van der Waals surface area contributed by atoms with Gasteiger partial charge < -0.3 is 10.1 Å². The minimum absolute atomic E-state index is 0.246. The van der Waals surface area contributed by atoms with Crippen molar-refractivity contribution >= 4 is 0 Å². The first-order valence-electron chi connectivity index (χ1n) is 6.11. The quantitative estimate of drug-likeness (QED) is 0.704. The summed E-state index contributed by atoms with van der Waals surface area (Å²) in [6.45, 7) is 13.3. The van der Waals surface area contributed by atoms with E-state index in [2.05, 4.69) is 39.9 Å². The standard InChI is InChI=1S/C13H29NO/c1-11(12(2)8-10-15-6)7-9-14-13(3,4)5/h11-12,14H,7-10H2,1-6H3. The van der Waals surface area contributed by atoms with E-state index in [1.807, 2.05) is 0 Å². The Morgan fingerprint density at radius 3 is 2.07 bits per heavy atom. The van der Waals surface area contributed by atoms with Gasteiger partial charge in [-0.3, -0.25) is 0 Å². The fourth-order valence-corrected chi connectivity index (χ4v) is 1.55. The average Bonchev–Trinajstić information content (AvgIpc) is 2.11. The highest BCUT2D eigenvalue weighted by atomic mass is 16.5. The van der Waals surface area contributed by atoms with Gasteiger partial charge in [0.2, 0.25) is 0 Å². The molecule has 0 rings (SSSR count). The molecule has 2 nitrogen and oxygen atoms in total. The Morgan fingerprint density at radius 2 is 1.60 bits per heavy atom. The molecule has 1 N–H and O–H groups in total. The Balaban J connectivity index is 3.59. The summed E-state index contributed by atoms with van der Waals surface area (Å²) in [4.78, 5) is 0. The summed E-state index contributed by atoms with van der Waals surface area (Å²) >= 11 is 0. The summed E-state index contributed by atoms with van der Waals surface area (Å²) in [5, 5.41) is 3.53. The summed E-state index contributed by atoms with van der Waals surface area (Å²) in [5.74, 6) is 1.53. The van der Waals surface area contributed by atoms with E-state index in [1.54, 1.807) is 7.11 Å². The molecule has 0 radical (unpaired) electrons. The third-order valence-corrected chi connectivity index (χ3v) is 3.00. The number of nitrogens with one attached hydrogen (secondary N) is 1. The summed E-state index contributed by atoms with van der Waals surface area (Å²) in [6, 6.07) is 0. The molecular formula is C13H29NO. The summed E-state index contributed by atoms with van der Waals surface area (Å²) < 4.78 is 5.11. The summed E-state index contributed by atoms with van der Waals surface area (Å²) in [6.07, 6.45) is 2.43. The monoisotopic (exact) mass is 215 g/mol. The van der Waals surface area contributed by atoms with Crippen LogP contribution in [0.4, 0.5) is 0 Å². The van der Waals surface area contributed by atoms with Crippen molar-refractivity contribution in [2.45, 2.75) is 53.0 Å². The highest BCUT2D eigenvalue weighted by molar-refractivity contribution is 4.71. The Labute approximate surface area is 95.8 Å². The van der Waals surface area contributed by atoms with Crippen LogP contribution in [0.25, 0.3) is 0 Å². The van der Waals surface area contributed by atoms with Crippen molar-refractivity contribution in [3.63, 3.8) is 0 Å². The smallest absolute Gasteiger partial charge is 0.0464 e. The molecule has 0 saturated heterocycles. The first-order valence-corrected chi connectivity index (χ1v) is 6.11. The topological polar surface area (TPSA) is 21.3 Å². The van der Waals surface area contributed by atoms with Crippen LogP contribution >= 0.6 is 0 Å². The van der Waals surface area contributed by atoms with Gasteiger partial charge in [-0.15, -0.1) is 0 Å². The molecule has 92 valence electrons. The van der Waals surface area contributed by atoms with Gasteiger partial charge in [-0.25, -0.2) is 0 Å². The Kier molecular flexibility index (Phi) is 7.20. The first-order chi connectivity index (χ1) is 6.87. The second kappa shape index (κ2) is 7.24. The molecule has 15 heavy (non-hydrogen) atoms. The zero-order valence-corrected chi connectivity index (χ0v) is 11.4. The van der Waals surface area contributed by atoms with Crippen molar-refractivity contribution in [1.29, 1.82) is 0 Å². The van der Waals surface area contributed by atoms with Gasteiger partial charge in [-0.05, 0) is 52.0 Å². The SMILES string of the molecule is COCCC(C)C(C)CCNC(C)(C)C. The fourth-order valence-electron chi connectivity index (χ4n) is 1.55. The second-order valence-electron chi connectivity index (χ2n) is 5.70. The number of rotatable bonds is 7. The van der Waals surface area contributed by atoms with Crippen molar-refractivity contribution in [2.75, 3.05) is 20.3 Å². The van der Waals surface area contributed by atoms with Gasteiger partial charge in [0.25, 0.3) is 0 Å². The zero-order chi connectivity index (χ0) is 11.9. The third kappa shape index (κ3) is 8.88. The van der Waals surface area contributed by atoms with E-state index < -0.39 is 0 Å². The van der Waals surface area contributed by atoms with Crippen LogP contribution in [0.1, 0.15) is 47.5 Å². The maximum atomic E-state index is 5.11. The normalized spacial score (nSPS) is 16.4. The molecule has 0 aliphatic rings. The number of ether oxygens (including phenoxy) is 1. The Bertz CT molecular complexity index is 151. The van der Waals surface area contributed by atoms with Gasteiger partial charge in [-0.2, -0.15) is 0 Å². The van der Waals surface area contributed by atoms with Crippen molar-refractivity contribution < 1.29 is 4.74 Å². The van der Waals surface area contributed by atoms with E-state index in [0.717, 1.165) is 25.0 Å². The largest absolute Gasteiger partial charge is 0.385 e. The van der Waals surface area contributed by atoms with Crippen molar-refractivity contribution in [3.8, 4) is 0 Å². The summed E-state index contributed by atoms with van der Waals surface area (Å²) in [5.41, 5.74) is 0.246. The van der Waals surface area contributed by atoms with E-state index in [9.17, 15) is 0 Å². The molecule has 0 bridgehead atoms. The van der Waals surface area contributed by atoms with Crippen molar-refractivity contribution in [3.05, 3.63) is 0 Å². The molecule has 2 unspecified atom stereocenters. The molecule has 0 saturated carbocycles. The molecule has 0 amide bonds. The van der Waals surface area contributed by atoms with E-state index in [4.69, 9.17) is 4.74 Å². The molecule has 0 heterocycles. The van der Waals surface area contributed by atoms with Crippen molar-refractivity contribution in [1.82, 2.24) is 5.32 Å². The van der Waals surface area contributed by atoms with E-state index in [-0.39, 0.29) is 5.54 Å². The molecule has 0 fully saturated rings. The lowest BCUT2D eigenvalue weighted by atomic mass is 9.90. The van der Waals surface area contributed by atoms with Crippen LogP contribution in [0.5, 0.6) is 0 Å². The predicted octanol–water partition coefficient (Wildman–Crippen LogP) is 3.07. The number of hydrogen-bond acceptors (Lipinski definition) is 2. The number of methoxy groups -OCH3 is 1. The molecule has 0 aliphatic heterocycles. The minimum atomic E-state index is 0.246. The van der Waals surface area contributed by atoms with Crippen molar-refractivity contribution in [2.24, 2.45) is 11.8 Å². The Hall–Kier alpha value is -0.0800. The lowest BCUT2D eigenvalue weighted by Crippen LogP contribution is -2.37. The minimum Gasteiger partial charge on any atom is -0.385 e. The molecule has 0 aromatic heterocycles. The maximum absolute atomic E-state index is 5.11. The molecule has 0 aromatic rings. The summed E-state index contributed by atoms with van der Waals surface area (Å²) in [7, 11) is 1.78. The Morgan fingerprint density at radius 1 is 1.07 bits per heavy atom. The first kappa shape index (κ1) is 14.9. The highest BCUT2D eigenvalue weighted by Crippen LogP contribution is 2.18. The maximum Gasteiger partial charge on any atom is 0.0464 e. The van der Waals surface area contributed by atoms with Gasteiger partial charge in [0.1, 0.15) is 0 Å². The lowest BCUT2D eigenvalue weighted by molar-refractivity contribution is 0.165. The molecule has 2 heteroatoms. The average molecular weight is 215 g/mol. The van der Waals surface area contributed by atoms with Crippen LogP contribution < -0.4 is 5.32 Å². The fraction of sp³-hybridized carbons (Fsp3) is 1.00. The van der Waals surface area contributed by atoms with Gasteiger partial charge >= 0.3 is 0 Å². The van der Waals surface area contributed by atoms with Crippen LogP contribution in [0.2, 0.25) is 0 Å². The van der Waals surface area contributed by atoms with Crippen LogP contribution in [0.3, 0.4) is 0 Å². The molecule has 0 aliphatic carbocycles. The zero-order valence-electron chi connectivity index (χ0n) is 11.4. The second-order valence-corrected chi connectivity index (χ2v) is 5.70. The van der Waals surface area contributed by atoms with Crippen LogP contribution in [-0.2, 0) is 4.74 Å². The van der Waals surface area contributed by atoms with Crippen LogP contribution in [0, 0.1) is 11.8 Å². The molecule has 2 atom stereocenters. The van der Waals surface area contributed by atoms with E-state index in [1.165, 1.54) is 12.8 Å². The highest BCUT2D eigenvalue weighted by Gasteiger charge is 2.13. The van der Waals surface area contributed by atoms with E-state index in [0.29, 0.717) is 0 Å². The van der Waals surface area contributed by atoms with Crippen LogP contribution in [-0.4, -0.2) is 25.8 Å². The molecular weight excluding hydrogens is 186 g/mol. The van der Waals surface area contributed by atoms with E-state index >= 15 is 0 Å². The molecule has 0 spiro atoms. The van der Waals surface area contributed by atoms with Gasteiger partial charge in [0.15, 0.2) is 0 Å². The van der Waals surface area contributed by atoms with Crippen LogP contribution in [0.15, 0.2) is 0 Å². The van der Waals surface area contributed by atoms with Gasteiger partial charge in [0, 0.05) is 19.3 Å². The third-order valence-electron chi connectivity index (χ3n) is 3.00. The lowest BCUT2D eigenvalue weighted by Gasteiger charge is -2.24. The van der Waals surface area contributed by atoms with Gasteiger partial charge in [0.05, 0.1) is 0 Å². The van der Waals surface area contributed by atoms with Gasteiger partial charge in [-0.1, -0.05) is 13.8 Å². The molecule has 0 aromatic carbocycles.